The summed E-state index contributed by atoms with van der Waals surface area (Å²) in [5.74, 6) is 0.156. The molecule has 0 aliphatic carbocycles. The Balaban J connectivity index is 1.32. The highest BCUT2D eigenvalue weighted by Crippen LogP contribution is 2.60. The summed E-state index contributed by atoms with van der Waals surface area (Å²) in [5, 5.41) is 11.6. The molecule has 1 N–H and O–H groups in total. The van der Waals surface area contributed by atoms with Gasteiger partial charge in [-0.1, -0.05) is 79.8 Å². The number of ether oxygens (including phenoxy) is 2. The minimum Gasteiger partial charge on any atom is -0.497 e. The molecular weight excluding hydrogens is 659 g/mol. The fourth-order valence-corrected chi connectivity index (χ4v) is 13.0. The van der Waals surface area contributed by atoms with Gasteiger partial charge in [-0.2, -0.15) is 0 Å². The Hall–Kier alpha value is -4.77. The average molecular weight is 704 g/mol. The molecule has 9 nitrogen and oxygen atoms in total. The zero-order valence-corrected chi connectivity index (χ0v) is 30.8. The third kappa shape index (κ3) is 5.66. The molecule has 3 amide bonds. The Bertz CT molecular complexity index is 1950. The maximum Gasteiger partial charge on any atom is 0.264 e. The number of carbonyl (C=O) groups excluding carboxylic acids is 3. The molecule has 0 saturated carbocycles. The lowest BCUT2D eigenvalue weighted by molar-refractivity contribution is -0.150. The number of nitrogens with zero attached hydrogens (tertiary/aromatic N) is 3. The molecule has 10 heteroatoms. The number of carbonyl (C=O) groups is 3. The number of para-hydroxylation sites is 1. The minimum absolute atomic E-state index is 0.0680. The standard InChI is InChI=1S/C41H45N3O6Si/c1-27-39(51(4,5)34-18-16-33(49-3)17-19-34)37(23-38(47)43-24-29-12-10-9-11-28(29)21-32(43)25-45)50-41(27)35-22-31(15-20-36(35)42(2)40(41)48)44(26-46)30-13-7-6-8-14-30/h6-20,22,26-27,32,37,39,45H,21,23-25H2,1-5H3/t27-,32+,37+,39-,41+/m1/s1. The highest BCUT2D eigenvalue weighted by Gasteiger charge is 2.66. The van der Waals surface area contributed by atoms with Gasteiger partial charge in [0.15, 0.2) is 5.60 Å². The molecule has 5 atom stereocenters. The molecule has 0 radical (unpaired) electrons. The van der Waals surface area contributed by atoms with Crippen LogP contribution in [0.15, 0.2) is 97.1 Å². The number of rotatable bonds is 9. The number of anilines is 3. The zero-order chi connectivity index (χ0) is 36.1. The molecule has 264 valence electrons. The van der Waals surface area contributed by atoms with Crippen LogP contribution in [0.4, 0.5) is 17.1 Å². The maximum absolute atomic E-state index is 14.7. The first-order chi connectivity index (χ1) is 24.5. The zero-order valence-electron chi connectivity index (χ0n) is 29.8. The topological polar surface area (TPSA) is 99.6 Å². The fraction of sp³-hybridized carbons (Fsp3) is 0.341. The Kier molecular flexibility index (Phi) is 9.11. The number of benzene rings is 4. The van der Waals surface area contributed by atoms with E-state index in [-0.39, 0.29) is 42.3 Å². The van der Waals surface area contributed by atoms with Crippen molar-refractivity contribution in [2.75, 3.05) is 30.6 Å². The van der Waals surface area contributed by atoms with E-state index < -0.39 is 19.8 Å². The number of fused-ring (bicyclic) bond motifs is 3. The van der Waals surface area contributed by atoms with Crippen LogP contribution in [0, 0.1) is 5.92 Å². The van der Waals surface area contributed by atoms with Crippen molar-refractivity contribution in [1.82, 2.24) is 4.90 Å². The predicted octanol–water partition coefficient (Wildman–Crippen LogP) is 5.52. The van der Waals surface area contributed by atoms with E-state index in [9.17, 15) is 19.5 Å². The molecule has 3 aliphatic heterocycles. The van der Waals surface area contributed by atoms with E-state index in [1.54, 1.807) is 28.9 Å². The average Bonchev–Trinajstić information content (AvgIpc) is 3.57. The SMILES string of the molecule is COc1ccc([Si](C)(C)[C@H]2[C@H](CC(=O)N3Cc4ccccc4C[C@H]3CO)O[C@@]3(C(=O)N(C)c4ccc(N(C=O)c5ccccc5)cc43)[C@@H]2C)cc1. The van der Waals surface area contributed by atoms with E-state index in [2.05, 4.69) is 38.2 Å². The van der Waals surface area contributed by atoms with Crippen LogP contribution in [0.25, 0.3) is 0 Å². The maximum atomic E-state index is 14.7. The number of methoxy groups -OCH3 is 1. The van der Waals surface area contributed by atoms with Crippen LogP contribution in [0.3, 0.4) is 0 Å². The quantitative estimate of drug-likeness (QED) is 0.182. The molecule has 0 aromatic heterocycles. The van der Waals surface area contributed by atoms with E-state index >= 15 is 0 Å². The van der Waals surface area contributed by atoms with Crippen LogP contribution >= 0.6 is 0 Å². The molecule has 0 unspecified atom stereocenters. The Morgan fingerprint density at radius 3 is 2.35 bits per heavy atom. The molecular formula is C41H45N3O6Si. The first kappa shape index (κ1) is 34.7. The smallest absolute Gasteiger partial charge is 0.264 e. The molecule has 1 fully saturated rings. The van der Waals surface area contributed by atoms with Crippen molar-refractivity contribution >= 4 is 48.5 Å². The number of hydrogen-bond acceptors (Lipinski definition) is 6. The summed E-state index contributed by atoms with van der Waals surface area (Å²) in [6.07, 6.45) is 0.837. The highest BCUT2D eigenvalue weighted by molar-refractivity contribution is 6.91. The summed E-state index contributed by atoms with van der Waals surface area (Å²) >= 11 is 0. The summed E-state index contributed by atoms with van der Waals surface area (Å²) in [5.41, 5.74) is 3.43. The van der Waals surface area contributed by atoms with Crippen molar-refractivity contribution in [3.63, 3.8) is 0 Å². The van der Waals surface area contributed by atoms with Gasteiger partial charge >= 0.3 is 0 Å². The Morgan fingerprint density at radius 1 is 1.00 bits per heavy atom. The van der Waals surface area contributed by atoms with Crippen LogP contribution in [-0.4, -0.2) is 69.2 Å². The van der Waals surface area contributed by atoms with E-state index in [1.165, 1.54) is 5.19 Å². The Morgan fingerprint density at radius 2 is 1.69 bits per heavy atom. The van der Waals surface area contributed by atoms with Gasteiger partial charge in [-0.05, 0) is 65.6 Å². The first-order valence-electron chi connectivity index (χ1n) is 17.6. The summed E-state index contributed by atoms with van der Waals surface area (Å²) < 4.78 is 12.6. The summed E-state index contributed by atoms with van der Waals surface area (Å²) in [6, 6.07) is 30.8. The monoisotopic (exact) mass is 703 g/mol. The predicted molar refractivity (Wildman–Crippen MR) is 200 cm³/mol. The van der Waals surface area contributed by atoms with Crippen molar-refractivity contribution < 1.29 is 29.0 Å². The van der Waals surface area contributed by atoms with Gasteiger partial charge in [-0.15, -0.1) is 0 Å². The molecule has 4 aromatic carbocycles. The second-order valence-electron chi connectivity index (χ2n) is 14.6. The van der Waals surface area contributed by atoms with E-state index in [1.807, 2.05) is 78.9 Å². The molecule has 51 heavy (non-hydrogen) atoms. The number of hydrogen-bond donors (Lipinski definition) is 1. The molecule has 4 aromatic rings. The molecule has 3 heterocycles. The van der Waals surface area contributed by atoms with E-state index in [4.69, 9.17) is 9.47 Å². The second-order valence-corrected chi connectivity index (χ2v) is 19.3. The van der Waals surface area contributed by atoms with Gasteiger partial charge in [0.05, 0.1) is 46.0 Å². The number of amides is 3. The van der Waals surface area contributed by atoms with Gasteiger partial charge in [-0.25, -0.2) is 0 Å². The lowest BCUT2D eigenvalue weighted by atomic mass is 9.82. The van der Waals surface area contributed by atoms with Gasteiger partial charge in [-0.3, -0.25) is 19.3 Å². The summed E-state index contributed by atoms with van der Waals surface area (Å²) in [4.78, 5) is 46.6. The van der Waals surface area contributed by atoms with Crippen molar-refractivity contribution in [1.29, 1.82) is 0 Å². The molecule has 7 rings (SSSR count). The van der Waals surface area contributed by atoms with Gasteiger partial charge in [0.2, 0.25) is 12.3 Å². The van der Waals surface area contributed by atoms with Crippen LogP contribution in [0.5, 0.6) is 5.75 Å². The normalized spacial score (nSPS) is 24.0. The second kappa shape index (κ2) is 13.4. The number of aliphatic hydroxyl groups is 1. The number of likely N-dealkylation sites (N-methyl/N-ethyl adjacent to an activating group) is 1. The van der Waals surface area contributed by atoms with Crippen LogP contribution in [0.2, 0.25) is 18.6 Å². The largest absolute Gasteiger partial charge is 0.497 e. The molecule has 1 spiro atoms. The molecule has 3 aliphatic rings. The van der Waals surface area contributed by atoms with Crippen molar-refractivity contribution in [3.05, 3.63) is 114 Å². The van der Waals surface area contributed by atoms with Gasteiger partial charge in [0, 0.05) is 36.4 Å². The number of aliphatic hydroxyl groups excluding tert-OH is 1. The molecule has 0 bridgehead atoms. The van der Waals surface area contributed by atoms with E-state index in [0.717, 1.165) is 29.0 Å². The summed E-state index contributed by atoms with van der Waals surface area (Å²) in [6.45, 7) is 6.92. The third-order valence-electron chi connectivity index (χ3n) is 11.6. The Labute approximate surface area is 300 Å². The van der Waals surface area contributed by atoms with Gasteiger partial charge in [0.1, 0.15) is 5.75 Å². The van der Waals surface area contributed by atoms with E-state index in [0.29, 0.717) is 29.9 Å². The van der Waals surface area contributed by atoms with Crippen molar-refractivity contribution in [2.45, 2.75) is 62.7 Å². The van der Waals surface area contributed by atoms with Crippen LogP contribution in [0.1, 0.15) is 30.0 Å². The van der Waals surface area contributed by atoms with Crippen molar-refractivity contribution in [2.24, 2.45) is 5.92 Å². The van der Waals surface area contributed by atoms with Gasteiger partial charge in [0.25, 0.3) is 5.91 Å². The summed E-state index contributed by atoms with van der Waals surface area (Å²) in [7, 11) is 0.899. The minimum atomic E-state index is -2.51. The first-order valence-corrected chi connectivity index (χ1v) is 20.6. The van der Waals surface area contributed by atoms with Gasteiger partial charge < -0.3 is 24.4 Å². The highest BCUT2D eigenvalue weighted by atomic mass is 28.3. The third-order valence-corrected chi connectivity index (χ3v) is 16.0. The lowest BCUT2D eigenvalue weighted by Gasteiger charge is -2.39. The fourth-order valence-electron chi connectivity index (χ4n) is 8.95. The molecule has 1 saturated heterocycles. The van der Waals surface area contributed by atoms with Crippen LogP contribution in [-0.2, 0) is 37.7 Å². The van der Waals surface area contributed by atoms with Crippen LogP contribution < -0.4 is 19.7 Å². The lowest BCUT2D eigenvalue weighted by Crippen LogP contribution is -2.52. The van der Waals surface area contributed by atoms with Crippen molar-refractivity contribution in [3.8, 4) is 5.75 Å².